The van der Waals surface area contributed by atoms with E-state index in [1.54, 1.807) is 7.05 Å². The maximum atomic E-state index is 4.53. The SMILES string of the molecule is CO/N=[N+](/C)OC. The highest BCUT2D eigenvalue weighted by Crippen LogP contribution is 1.70. The number of hydrogen-bond acceptors (Lipinski definition) is 3. The molecule has 0 aliphatic rings. The van der Waals surface area contributed by atoms with Crippen LogP contribution in [0.4, 0.5) is 0 Å². The highest BCUT2D eigenvalue weighted by molar-refractivity contribution is 3.58. The van der Waals surface area contributed by atoms with Crippen LogP contribution in [0.1, 0.15) is 0 Å². The summed E-state index contributed by atoms with van der Waals surface area (Å²) in [5.74, 6) is 0. The third-order valence-corrected chi connectivity index (χ3v) is 0.461. The molecule has 0 heterocycles. The van der Waals surface area contributed by atoms with Crippen LogP contribution in [0.3, 0.4) is 0 Å². The van der Waals surface area contributed by atoms with Gasteiger partial charge in [-0.05, 0) is 0 Å². The Hall–Kier alpha value is -0.800. The van der Waals surface area contributed by atoms with Gasteiger partial charge >= 0.3 is 0 Å². The topological polar surface area (TPSA) is 33.8 Å². The van der Waals surface area contributed by atoms with Crippen molar-refractivity contribution in [2.24, 2.45) is 5.28 Å². The molecule has 0 atom stereocenters. The lowest BCUT2D eigenvalue weighted by atomic mass is 11.5. The molecule has 4 nitrogen and oxygen atoms in total. The molecule has 4 heteroatoms. The second-order valence-corrected chi connectivity index (χ2v) is 0.911. The lowest BCUT2D eigenvalue weighted by Gasteiger charge is -1.82. The average Bonchev–Trinajstić information content (AvgIpc) is 1.68. The molecule has 7 heavy (non-hydrogen) atoms. The molecule has 0 aromatic carbocycles. The Morgan fingerprint density at radius 3 is 2.14 bits per heavy atom. The normalized spacial score (nSPS) is 11.0. The number of nitrogens with zero attached hydrogens (tertiary/aromatic N) is 2. The quantitative estimate of drug-likeness (QED) is 0.285. The van der Waals surface area contributed by atoms with Crippen LogP contribution in [0.2, 0.25) is 0 Å². The van der Waals surface area contributed by atoms with Gasteiger partial charge in [-0.25, -0.2) is 0 Å². The monoisotopic (exact) mass is 105 g/mol. The Kier molecular flexibility index (Phi) is 3.00. The Balaban J connectivity index is 3.29. The van der Waals surface area contributed by atoms with E-state index in [1.807, 2.05) is 0 Å². The van der Waals surface area contributed by atoms with Crippen molar-refractivity contribution in [1.82, 2.24) is 0 Å². The van der Waals surface area contributed by atoms with Crippen molar-refractivity contribution < 1.29 is 14.5 Å². The zero-order valence-corrected chi connectivity index (χ0v) is 4.71. The Bertz CT molecular complexity index is 71.3. The highest BCUT2D eigenvalue weighted by atomic mass is 16.7. The lowest BCUT2D eigenvalue weighted by Crippen LogP contribution is -1.99. The van der Waals surface area contributed by atoms with Crippen molar-refractivity contribution in [3.63, 3.8) is 0 Å². The van der Waals surface area contributed by atoms with E-state index in [2.05, 4.69) is 15.0 Å². The number of rotatable bonds is 2. The fourth-order valence-electron chi connectivity index (χ4n) is 0.148. The minimum absolute atomic E-state index is 1.21. The van der Waals surface area contributed by atoms with Gasteiger partial charge in [-0.3, -0.25) is 4.84 Å². The summed E-state index contributed by atoms with van der Waals surface area (Å²) in [4.78, 5) is 10.1. The van der Waals surface area contributed by atoms with Gasteiger partial charge in [0.25, 0.3) is 0 Å². The van der Waals surface area contributed by atoms with Crippen LogP contribution < -0.4 is 0 Å². The molecule has 42 valence electrons. The molecule has 0 N–H and O–H groups in total. The van der Waals surface area contributed by atoms with E-state index < -0.39 is 0 Å². The molecule has 0 aliphatic carbocycles. The number of hydrogen-bond donors (Lipinski definition) is 0. The van der Waals surface area contributed by atoms with Crippen LogP contribution in [-0.4, -0.2) is 26.1 Å². The maximum absolute atomic E-state index is 4.53. The van der Waals surface area contributed by atoms with Crippen LogP contribution >= 0.6 is 0 Å². The van der Waals surface area contributed by atoms with E-state index in [0.717, 1.165) is 0 Å². The van der Waals surface area contributed by atoms with Crippen LogP contribution in [0.25, 0.3) is 0 Å². The summed E-state index contributed by atoms with van der Waals surface area (Å²) >= 11 is 0. The largest absolute Gasteiger partial charge is 0.348 e. The molecule has 0 amide bonds. The van der Waals surface area contributed by atoms with Gasteiger partial charge in [0.2, 0.25) is 12.3 Å². The molecule has 0 radical (unpaired) electrons. The number of hydroxylamine groups is 1. The molecule has 0 rings (SSSR count). The molecule has 0 fully saturated rings. The molecular formula is C3H9N2O2+. The summed E-state index contributed by atoms with van der Waals surface area (Å²) in [5.41, 5.74) is 0. The van der Waals surface area contributed by atoms with Crippen molar-refractivity contribution in [2.75, 3.05) is 21.3 Å². The van der Waals surface area contributed by atoms with Crippen molar-refractivity contribution >= 4 is 0 Å². The highest BCUT2D eigenvalue weighted by Gasteiger charge is 1.87. The van der Waals surface area contributed by atoms with Crippen molar-refractivity contribution in [3.05, 3.63) is 0 Å². The van der Waals surface area contributed by atoms with E-state index in [9.17, 15) is 0 Å². The van der Waals surface area contributed by atoms with Gasteiger partial charge in [-0.2, -0.15) is 0 Å². The zero-order chi connectivity index (χ0) is 5.70. The van der Waals surface area contributed by atoms with E-state index in [4.69, 9.17) is 0 Å². The van der Waals surface area contributed by atoms with Gasteiger partial charge in [0, 0.05) is 0 Å². The summed E-state index contributed by atoms with van der Waals surface area (Å²) in [6.45, 7) is 0. The molecule has 0 aromatic rings. The minimum Gasteiger partial charge on any atom is -0.348 e. The summed E-state index contributed by atoms with van der Waals surface area (Å²) in [5, 5.41) is 3.35. The first-order valence-electron chi connectivity index (χ1n) is 1.83. The second kappa shape index (κ2) is 3.39. The zero-order valence-electron chi connectivity index (χ0n) is 4.71. The summed E-state index contributed by atoms with van der Waals surface area (Å²) in [6, 6.07) is 0. The maximum Gasteiger partial charge on any atom is 0.239 e. The predicted octanol–water partition coefficient (Wildman–Crippen LogP) is 0.204. The first kappa shape index (κ1) is 6.20. The smallest absolute Gasteiger partial charge is 0.239 e. The van der Waals surface area contributed by atoms with Crippen LogP contribution in [0.15, 0.2) is 5.28 Å². The molecule has 0 aliphatic heterocycles. The summed E-state index contributed by atoms with van der Waals surface area (Å²) < 4.78 is 0. The van der Waals surface area contributed by atoms with E-state index in [0.29, 0.717) is 0 Å². The van der Waals surface area contributed by atoms with Gasteiger partial charge in [-0.15, -0.1) is 0 Å². The fourth-order valence-corrected chi connectivity index (χ4v) is 0.148. The Morgan fingerprint density at radius 1 is 1.43 bits per heavy atom. The second-order valence-electron chi connectivity index (χ2n) is 0.911. The standard InChI is InChI=1S/C3H9N2O2/c1-5(7-3)4-6-2/h1-3H3/q+1/b5-4-. The van der Waals surface area contributed by atoms with Gasteiger partial charge in [-0.1, -0.05) is 0 Å². The molecule has 0 unspecified atom stereocenters. The van der Waals surface area contributed by atoms with Gasteiger partial charge in [0.15, 0.2) is 7.11 Å². The van der Waals surface area contributed by atoms with Crippen LogP contribution in [-0.2, 0) is 9.68 Å². The van der Waals surface area contributed by atoms with Crippen molar-refractivity contribution in [3.8, 4) is 0 Å². The Labute approximate surface area is 42.3 Å². The first-order chi connectivity index (χ1) is 3.31. The van der Waals surface area contributed by atoms with Crippen molar-refractivity contribution in [2.45, 2.75) is 0 Å². The van der Waals surface area contributed by atoms with E-state index >= 15 is 0 Å². The van der Waals surface area contributed by atoms with Gasteiger partial charge in [0.05, 0.1) is 0 Å². The first-order valence-corrected chi connectivity index (χ1v) is 1.83. The average molecular weight is 105 g/mol. The fraction of sp³-hybridized carbons (Fsp3) is 1.00. The Morgan fingerprint density at radius 2 is 2.00 bits per heavy atom. The van der Waals surface area contributed by atoms with Crippen LogP contribution in [0.5, 0.6) is 0 Å². The summed E-state index contributed by atoms with van der Waals surface area (Å²) in [6.07, 6.45) is 0. The third kappa shape index (κ3) is 3.02. The summed E-state index contributed by atoms with van der Waals surface area (Å²) in [7, 11) is 4.58. The third-order valence-electron chi connectivity index (χ3n) is 0.461. The predicted molar refractivity (Wildman–Crippen MR) is 22.6 cm³/mol. The van der Waals surface area contributed by atoms with Crippen molar-refractivity contribution in [1.29, 1.82) is 0 Å². The molecule has 0 aromatic heterocycles. The van der Waals surface area contributed by atoms with E-state index in [-0.39, 0.29) is 0 Å². The molecule has 0 spiro atoms. The minimum atomic E-state index is 1.21. The van der Waals surface area contributed by atoms with Crippen LogP contribution in [0, 0.1) is 0 Å². The molecular weight excluding hydrogens is 96.0 g/mol. The molecule has 0 saturated carbocycles. The molecule has 0 bridgehead atoms. The van der Waals surface area contributed by atoms with Gasteiger partial charge in [0.1, 0.15) is 12.0 Å². The van der Waals surface area contributed by atoms with Gasteiger partial charge < -0.3 is 4.84 Å². The molecule has 0 saturated heterocycles. The lowest BCUT2D eigenvalue weighted by molar-refractivity contribution is -0.822. The van der Waals surface area contributed by atoms with E-state index in [1.165, 1.54) is 19.1 Å².